The fourth-order valence-electron chi connectivity index (χ4n) is 0.383. The highest BCUT2D eigenvalue weighted by atomic mass is 31.2. The van der Waals surface area contributed by atoms with Crippen molar-refractivity contribution >= 4 is 7.82 Å². The fraction of sp³-hybridized carbons (Fsp3) is 1.00. The lowest BCUT2D eigenvalue weighted by Crippen LogP contribution is -2.05. The van der Waals surface area contributed by atoms with E-state index in [1.54, 1.807) is 0 Å². The molecule has 0 saturated carbocycles. The average Bonchev–Trinajstić information content (AvgIpc) is 1.78. The van der Waals surface area contributed by atoms with Gasteiger partial charge in [0.05, 0.1) is 6.61 Å². The number of phosphoric acid groups is 1. The lowest BCUT2D eigenvalue weighted by molar-refractivity contribution is -0.219. The van der Waals surface area contributed by atoms with Crippen molar-refractivity contribution in [3.63, 3.8) is 0 Å². The zero-order valence-corrected chi connectivity index (χ0v) is 6.54. The molecule has 6 heteroatoms. The molecule has 0 aliphatic carbocycles. The Morgan fingerprint density at radius 2 is 2.20 bits per heavy atom. The van der Waals surface area contributed by atoms with E-state index in [1.165, 1.54) is 7.11 Å². The second-order valence-electron chi connectivity index (χ2n) is 1.65. The van der Waals surface area contributed by atoms with Gasteiger partial charge in [-0.3, -0.25) is 4.57 Å². The van der Waals surface area contributed by atoms with Gasteiger partial charge in [-0.15, -0.1) is 0 Å². The van der Waals surface area contributed by atoms with E-state index in [9.17, 15) is 9.46 Å². The minimum absolute atomic E-state index is 0.0366. The van der Waals surface area contributed by atoms with Gasteiger partial charge < -0.3 is 19.0 Å². The molecule has 0 fully saturated rings. The van der Waals surface area contributed by atoms with Crippen molar-refractivity contribution in [2.75, 3.05) is 20.3 Å². The van der Waals surface area contributed by atoms with Crippen molar-refractivity contribution in [1.29, 1.82) is 0 Å². The van der Waals surface area contributed by atoms with Crippen LogP contribution in [0.1, 0.15) is 6.42 Å². The summed E-state index contributed by atoms with van der Waals surface area (Å²) in [5.41, 5.74) is 0. The van der Waals surface area contributed by atoms with E-state index in [1.807, 2.05) is 0 Å². The van der Waals surface area contributed by atoms with Gasteiger partial charge in [0, 0.05) is 13.7 Å². The first-order valence-electron chi connectivity index (χ1n) is 2.73. The quantitative estimate of drug-likeness (QED) is 0.443. The van der Waals surface area contributed by atoms with E-state index < -0.39 is 7.82 Å². The van der Waals surface area contributed by atoms with Crippen LogP contribution >= 0.6 is 7.82 Å². The third kappa shape index (κ3) is 8.07. The summed E-state index contributed by atoms with van der Waals surface area (Å²) in [5.74, 6) is 0. The molecule has 1 atom stereocenters. The molecule has 0 spiro atoms. The summed E-state index contributed by atoms with van der Waals surface area (Å²) in [6, 6.07) is 0. The van der Waals surface area contributed by atoms with Crippen molar-refractivity contribution in [1.82, 2.24) is 0 Å². The minimum atomic E-state index is -4.51. The highest BCUT2D eigenvalue weighted by Gasteiger charge is 1.99. The number of ether oxygens (including phenoxy) is 1. The molecule has 0 aliphatic rings. The van der Waals surface area contributed by atoms with Gasteiger partial charge in [0.1, 0.15) is 0 Å². The third-order valence-corrected chi connectivity index (χ3v) is 1.26. The molecule has 0 radical (unpaired) electrons. The van der Waals surface area contributed by atoms with Gasteiger partial charge in [0.25, 0.3) is 7.82 Å². The van der Waals surface area contributed by atoms with Crippen LogP contribution < -0.4 is 4.89 Å². The van der Waals surface area contributed by atoms with Gasteiger partial charge in [-0.25, -0.2) is 0 Å². The molecule has 0 heterocycles. The summed E-state index contributed by atoms with van der Waals surface area (Å²) in [4.78, 5) is 18.0. The van der Waals surface area contributed by atoms with Crippen molar-refractivity contribution in [3.8, 4) is 0 Å². The average molecular weight is 169 g/mol. The summed E-state index contributed by atoms with van der Waals surface area (Å²) >= 11 is 0. The van der Waals surface area contributed by atoms with Crippen molar-refractivity contribution in [2.24, 2.45) is 0 Å². The zero-order chi connectivity index (χ0) is 8.04. The van der Waals surface area contributed by atoms with E-state index in [2.05, 4.69) is 9.26 Å². The molecular formula is C4H10O5P-. The van der Waals surface area contributed by atoms with Crippen LogP contribution in [0.3, 0.4) is 0 Å². The van der Waals surface area contributed by atoms with Gasteiger partial charge in [-0.2, -0.15) is 0 Å². The Labute approximate surface area is 59.2 Å². The fourth-order valence-corrected chi connectivity index (χ4v) is 0.743. The highest BCUT2D eigenvalue weighted by molar-refractivity contribution is 7.44. The Morgan fingerprint density at radius 3 is 2.60 bits per heavy atom. The first-order valence-corrected chi connectivity index (χ1v) is 4.23. The first kappa shape index (κ1) is 10.1. The monoisotopic (exact) mass is 169 g/mol. The van der Waals surface area contributed by atoms with E-state index in [0.717, 1.165) is 0 Å². The molecule has 0 amide bonds. The van der Waals surface area contributed by atoms with Crippen LogP contribution in [0.25, 0.3) is 0 Å². The molecule has 0 bridgehead atoms. The molecule has 62 valence electrons. The molecule has 0 aliphatic heterocycles. The SMILES string of the molecule is COCCCOP(=O)([O-])O. The van der Waals surface area contributed by atoms with Gasteiger partial charge in [0.2, 0.25) is 0 Å². The summed E-state index contributed by atoms with van der Waals surface area (Å²) < 4.78 is 18.5. The van der Waals surface area contributed by atoms with Crippen molar-refractivity contribution in [2.45, 2.75) is 6.42 Å². The maximum atomic E-state index is 9.91. The van der Waals surface area contributed by atoms with Crippen LogP contribution in [0.4, 0.5) is 0 Å². The molecule has 10 heavy (non-hydrogen) atoms. The summed E-state index contributed by atoms with van der Waals surface area (Å²) in [6.45, 7) is 0.380. The maximum Gasteiger partial charge on any atom is 0.265 e. The largest absolute Gasteiger partial charge is 0.756 e. The normalized spacial score (nSPS) is 16.7. The second-order valence-corrected chi connectivity index (χ2v) is 2.84. The molecule has 1 unspecified atom stereocenters. The Balaban J connectivity index is 3.13. The molecule has 1 N–H and O–H groups in total. The molecule has 0 aromatic carbocycles. The number of hydrogen-bond donors (Lipinski definition) is 1. The minimum Gasteiger partial charge on any atom is -0.756 e. The molecule has 0 aromatic rings. The van der Waals surface area contributed by atoms with E-state index in [-0.39, 0.29) is 6.61 Å². The Morgan fingerprint density at radius 1 is 1.60 bits per heavy atom. The molecule has 0 rings (SSSR count). The van der Waals surface area contributed by atoms with Crippen LogP contribution in [0.2, 0.25) is 0 Å². The van der Waals surface area contributed by atoms with Gasteiger partial charge in [0.15, 0.2) is 0 Å². The lowest BCUT2D eigenvalue weighted by Gasteiger charge is -2.14. The highest BCUT2D eigenvalue weighted by Crippen LogP contribution is 2.29. The number of rotatable bonds is 5. The summed E-state index contributed by atoms with van der Waals surface area (Å²) in [6.07, 6.45) is 0.448. The van der Waals surface area contributed by atoms with E-state index >= 15 is 0 Å². The van der Waals surface area contributed by atoms with Crippen molar-refractivity contribution < 1.29 is 23.6 Å². The molecule has 5 nitrogen and oxygen atoms in total. The van der Waals surface area contributed by atoms with Crippen LogP contribution in [-0.2, 0) is 13.8 Å². The van der Waals surface area contributed by atoms with E-state index in [0.29, 0.717) is 13.0 Å². The zero-order valence-electron chi connectivity index (χ0n) is 5.65. The third-order valence-electron chi connectivity index (χ3n) is 0.747. The number of phosphoric ester groups is 1. The maximum absolute atomic E-state index is 9.91. The number of methoxy groups -OCH3 is 1. The Bertz CT molecular complexity index is 119. The topological polar surface area (TPSA) is 78.8 Å². The molecule has 0 aromatic heterocycles. The van der Waals surface area contributed by atoms with Crippen LogP contribution in [-0.4, -0.2) is 25.2 Å². The van der Waals surface area contributed by atoms with Crippen LogP contribution in [0.5, 0.6) is 0 Å². The predicted molar refractivity (Wildman–Crippen MR) is 32.3 cm³/mol. The van der Waals surface area contributed by atoms with Gasteiger partial charge in [-0.05, 0) is 6.42 Å². The Kier molecular flexibility index (Phi) is 4.85. The second kappa shape index (κ2) is 4.82. The van der Waals surface area contributed by atoms with Crippen molar-refractivity contribution in [3.05, 3.63) is 0 Å². The standard InChI is InChI=1S/C4H11O5P/c1-8-3-2-4-9-10(5,6)7/h2-4H2,1H3,(H2,5,6,7)/p-1. The molecule has 0 saturated heterocycles. The predicted octanol–water partition coefficient (Wildman–Crippen LogP) is -0.500. The van der Waals surface area contributed by atoms with Crippen LogP contribution in [0, 0.1) is 0 Å². The Hall–Kier alpha value is 0.0700. The van der Waals surface area contributed by atoms with Crippen LogP contribution in [0.15, 0.2) is 0 Å². The van der Waals surface area contributed by atoms with E-state index in [4.69, 9.17) is 4.89 Å². The summed E-state index contributed by atoms with van der Waals surface area (Å²) in [7, 11) is -3.02. The van der Waals surface area contributed by atoms with Gasteiger partial charge in [-0.1, -0.05) is 0 Å². The lowest BCUT2D eigenvalue weighted by atomic mass is 10.5. The smallest absolute Gasteiger partial charge is 0.265 e. The summed E-state index contributed by atoms with van der Waals surface area (Å²) in [5, 5.41) is 0. The number of hydrogen-bond acceptors (Lipinski definition) is 4. The first-order chi connectivity index (χ1) is 4.56. The van der Waals surface area contributed by atoms with Gasteiger partial charge >= 0.3 is 0 Å². The molecular weight excluding hydrogens is 159 g/mol.